The Morgan fingerprint density at radius 2 is 2.00 bits per heavy atom. The molecule has 1 amide bonds. The smallest absolute Gasteiger partial charge is 0.236 e. The summed E-state index contributed by atoms with van der Waals surface area (Å²) >= 11 is 0. The minimum Gasteiger partial charge on any atom is -0.384 e. The van der Waals surface area contributed by atoms with Crippen LogP contribution in [0.2, 0.25) is 0 Å². The van der Waals surface area contributed by atoms with Gasteiger partial charge >= 0.3 is 0 Å². The summed E-state index contributed by atoms with van der Waals surface area (Å²) in [5, 5.41) is 16.3. The van der Waals surface area contributed by atoms with Crippen LogP contribution in [0.25, 0.3) is 0 Å². The maximum Gasteiger partial charge on any atom is 0.236 e. The fourth-order valence-electron chi connectivity index (χ4n) is 1.75. The lowest BCUT2D eigenvalue weighted by Gasteiger charge is -2.26. The van der Waals surface area contributed by atoms with E-state index < -0.39 is 5.60 Å². The Labute approximate surface area is 115 Å². The Kier molecular flexibility index (Phi) is 5.99. The molecule has 0 heterocycles. The molecule has 1 aromatic rings. The molecule has 0 aliphatic rings. The zero-order chi connectivity index (χ0) is 14.3. The number of hydrogen-bond acceptors (Lipinski definition) is 3. The average molecular weight is 264 g/mol. The highest BCUT2D eigenvalue weighted by Gasteiger charge is 2.24. The first-order valence-electron chi connectivity index (χ1n) is 6.76. The molecule has 4 heteroatoms. The van der Waals surface area contributed by atoms with Crippen molar-refractivity contribution >= 4 is 5.91 Å². The van der Waals surface area contributed by atoms with Crippen molar-refractivity contribution in [2.24, 2.45) is 0 Å². The first kappa shape index (κ1) is 15.7. The number of carbonyl (C=O) groups excluding carboxylic acids is 1. The Hall–Kier alpha value is -1.39. The van der Waals surface area contributed by atoms with Crippen LogP contribution in [0, 0.1) is 0 Å². The summed E-state index contributed by atoms with van der Waals surface area (Å²) in [5.41, 5.74) is -0.149. The van der Waals surface area contributed by atoms with Gasteiger partial charge in [0.05, 0.1) is 11.6 Å². The van der Waals surface area contributed by atoms with Gasteiger partial charge in [0.1, 0.15) is 0 Å². The number of rotatable bonds is 7. The van der Waals surface area contributed by atoms with E-state index in [2.05, 4.69) is 10.6 Å². The molecule has 0 aliphatic carbocycles. The quantitative estimate of drug-likeness (QED) is 0.697. The predicted octanol–water partition coefficient (Wildman–Crippen LogP) is 1.40. The number of carbonyl (C=O) groups is 1. The average Bonchev–Trinajstić information content (AvgIpc) is 2.43. The molecule has 0 saturated carbocycles. The normalized spacial score (nSPS) is 15.6. The molecule has 0 spiro atoms. The van der Waals surface area contributed by atoms with Crippen molar-refractivity contribution in [3.63, 3.8) is 0 Å². The molecule has 3 N–H and O–H groups in total. The molecule has 0 bridgehead atoms. The third kappa shape index (κ3) is 5.01. The van der Waals surface area contributed by atoms with Crippen LogP contribution in [0.1, 0.15) is 32.8 Å². The monoisotopic (exact) mass is 264 g/mol. The lowest BCUT2D eigenvalue weighted by Crippen LogP contribution is -2.47. The van der Waals surface area contributed by atoms with Crippen LogP contribution in [-0.4, -0.2) is 30.1 Å². The molecule has 106 valence electrons. The Morgan fingerprint density at radius 3 is 2.58 bits per heavy atom. The maximum atomic E-state index is 11.7. The Bertz CT molecular complexity index is 390. The predicted molar refractivity (Wildman–Crippen MR) is 76.8 cm³/mol. The lowest BCUT2D eigenvalue weighted by molar-refractivity contribution is -0.123. The van der Waals surface area contributed by atoms with E-state index in [4.69, 9.17) is 0 Å². The van der Waals surface area contributed by atoms with Gasteiger partial charge in [0.2, 0.25) is 5.91 Å². The van der Waals surface area contributed by atoms with Gasteiger partial charge in [-0.15, -0.1) is 0 Å². The summed E-state index contributed by atoms with van der Waals surface area (Å²) in [6.07, 6.45) is 0.917. The van der Waals surface area contributed by atoms with Crippen LogP contribution in [0.15, 0.2) is 30.3 Å². The van der Waals surface area contributed by atoms with E-state index in [1.807, 2.05) is 37.3 Å². The fourth-order valence-corrected chi connectivity index (χ4v) is 1.75. The molecular weight excluding hydrogens is 240 g/mol. The zero-order valence-corrected chi connectivity index (χ0v) is 11.9. The molecule has 2 unspecified atom stereocenters. The summed E-state index contributed by atoms with van der Waals surface area (Å²) in [5.74, 6) is -0.0364. The van der Waals surface area contributed by atoms with Gasteiger partial charge in [-0.2, -0.15) is 0 Å². The fraction of sp³-hybridized carbons (Fsp3) is 0.533. The third-order valence-electron chi connectivity index (χ3n) is 3.09. The van der Waals surface area contributed by atoms with E-state index in [1.165, 1.54) is 0 Å². The Morgan fingerprint density at radius 1 is 1.37 bits per heavy atom. The van der Waals surface area contributed by atoms with E-state index in [0.717, 1.165) is 12.0 Å². The SMILES string of the molecule is CCCNC(=O)C(C)NCC(C)(O)c1ccccc1. The van der Waals surface area contributed by atoms with E-state index in [0.29, 0.717) is 13.1 Å². The standard InChI is InChI=1S/C15H24N2O2/c1-4-10-16-14(18)12(2)17-11-15(3,19)13-8-6-5-7-9-13/h5-9,12,17,19H,4,10-11H2,1-3H3,(H,16,18). The molecule has 0 fully saturated rings. The minimum absolute atomic E-state index is 0.0364. The summed E-state index contributed by atoms with van der Waals surface area (Å²) < 4.78 is 0. The van der Waals surface area contributed by atoms with E-state index in [1.54, 1.807) is 13.8 Å². The first-order chi connectivity index (χ1) is 8.97. The topological polar surface area (TPSA) is 61.4 Å². The molecule has 0 aliphatic heterocycles. The molecular formula is C15H24N2O2. The van der Waals surface area contributed by atoms with Crippen molar-refractivity contribution < 1.29 is 9.90 Å². The molecule has 0 radical (unpaired) electrons. The van der Waals surface area contributed by atoms with Crippen molar-refractivity contribution in [3.8, 4) is 0 Å². The summed E-state index contributed by atoms with van der Waals surface area (Å²) in [6.45, 7) is 6.56. The first-order valence-corrected chi connectivity index (χ1v) is 6.76. The van der Waals surface area contributed by atoms with Crippen molar-refractivity contribution in [2.75, 3.05) is 13.1 Å². The molecule has 2 atom stereocenters. The number of nitrogens with one attached hydrogen (secondary N) is 2. The zero-order valence-electron chi connectivity index (χ0n) is 11.9. The summed E-state index contributed by atoms with van der Waals surface area (Å²) in [6, 6.07) is 9.13. The van der Waals surface area contributed by atoms with Crippen molar-refractivity contribution in [3.05, 3.63) is 35.9 Å². The van der Waals surface area contributed by atoms with Gasteiger partial charge in [-0.25, -0.2) is 0 Å². The highest BCUT2D eigenvalue weighted by atomic mass is 16.3. The lowest BCUT2D eigenvalue weighted by atomic mass is 9.96. The van der Waals surface area contributed by atoms with Gasteiger partial charge in [0, 0.05) is 13.1 Å². The van der Waals surface area contributed by atoms with Gasteiger partial charge in [0.15, 0.2) is 0 Å². The van der Waals surface area contributed by atoms with Crippen LogP contribution in [0.5, 0.6) is 0 Å². The van der Waals surface area contributed by atoms with Crippen molar-refractivity contribution in [1.82, 2.24) is 10.6 Å². The van der Waals surface area contributed by atoms with Crippen LogP contribution in [0.3, 0.4) is 0 Å². The number of hydrogen-bond donors (Lipinski definition) is 3. The van der Waals surface area contributed by atoms with Gasteiger partial charge < -0.3 is 15.7 Å². The molecule has 0 aromatic heterocycles. The van der Waals surface area contributed by atoms with Gasteiger partial charge in [-0.3, -0.25) is 4.79 Å². The van der Waals surface area contributed by atoms with Crippen LogP contribution >= 0.6 is 0 Å². The van der Waals surface area contributed by atoms with Gasteiger partial charge in [-0.1, -0.05) is 37.3 Å². The highest BCUT2D eigenvalue weighted by molar-refractivity contribution is 5.81. The van der Waals surface area contributed by atoms with Crippen LogP contribution in [-0.2, 0) is 10.4 Å². The molecule has 0 saturated heterocycles. The van der Waals surface area contributed by atoms with Crippen molar-refractivity contribution in [1.29, 1.82) is 0 Å². The van der Waals surface area contributed by atoms with E-state index in [9.17, 15) is 9.90 Å². The second-order valence-corrected chi connectivity index (χ2v) is 5.03. The molecule has 1 aromatic carbocycles. The van der Waals surface area contributed by atoms with Gasteiger partial charge in [0.25, 0.3) is 0 Å². The number of benzene rings is 1. The number of amides is 1. The Balaban J connectivity index is 2.49. The maximum absolute atomic E-state index is 11.7. The highest BCUT2D eigenvalue weighted by Crippen LogP contribution is 2.18. The molecule has 4 nitrogen and oxygen atoms in total. The van der Waals surface area contributed by atoms with Gasteiger partial charge in [-0.05, 0) is 25.8 Å². The summed E-state index contributed by atoms with van der Waals surface area (Å²) in [7, 11) is 0. The third-order valence-corrected chi connectivity index (χ3v) is 3.09. The van der Waals surface area contributed by atoms with E-state index in [-0.39, 0.29) is 11.9 Å². The number of aliphatic hydroxyl groups is 1. The second kappa shape index (κ2) is 7.26. The van der Waals surface area contributed by atoms with E-state index >= 15 is 0 Å². The minimum atomic E-state index is -0.986. The van der Waals surface area contributed by atoms with Crippen molar-refractivity contribution in [2.45, 2.75) is 38.8 Å². The molecule has 19 heavy (non-hydrogen) atoms. The van der Waals surface area contributed by atoms with Crippen LogP contribution in [0.4, 0.5) is 0 Å². The largest absolute Gasteiger partial charge is 0.384 e. The van der Waals surface area contributed by atoms with Crippen LogP contribution < -0.4 is 10.6 Å². The summed E-state index contributed by atoms with van der Waals surface area (Å²) in [4.78, 5) is 11.7. The molecule has 1 rings (SSSR count). The second-order valence-electron chi connectivity index (χ2n) is 5.03.